The fourth-order valence-corrected chi connectivity index (χ4v) is 4.25. The first kappa shape index (κ1) is 19.0. The lowest BCUT2D eigenvalue weighted by Gasteiger charge is -2.34. The van der Waals surface area contributed by atoms with Gasteiger partial charge in [0.2, 0.25) is 5.91 Å². The Hall–Kier alpha value is -2.97. The van der Waals surface area contributed by atoms with Crippen LogP contribution in [-0.4, -0.2) is 81.9 Å². The molecular weight excluding hydrogens is 380 g/mol. The molecule has 0 radical (unpaired) electrons. The van der Waals surface area contributed by atoms with Gasteiger partial charge >= 0.3 is 0 Å². The van der Waals surface area contributed by atoms with Gasteiger partial charge in [0.15, 0.2) is 0 Å². The van der Waals surface area contributed by atoms with Gasteiger partial charge in [-0.25, -0.2) is 4.98 Å². The number of carbonyl (C=O) groups excluding carboxylic acids is 1. The third kappa shape index (κ3) is 3.64. The smallest absolute Gasteiger partial charge is 0.259 e. The Balaban J connectivity index is 1.33. The van der Waals surface area contributed by atoms with Crippen LogP contribution in [0.25, 0.3) is 22.3 Å². The number of piperazine rings is 1. The Labute approximate surface area is 174 Å². The van der Waals surface area contributed by atoms with Crippen molar-refractivity contribution in [3.8, 4) is 11.4 Å². The molecule has 2 aliphatic heterocycles. The summed E-state index contributed by atoms with van der Waals surface area (Å²) in [5.41, 5.74) is 3.04. The van der Waals surface area contributed by atoms with Crippen LogP contribution in [0.15, 0.2) is 35.1 Å². The molecule has 5 rings (SSSR count). The standard InChI is InChI=1S/C22H26N6O2/c1-26-8-10-27(11-9-26)14-20(29)28-7-6-18-19(13-28)24-21(23-18)16-12-15-4-2-3-5-17(15)25-22(16)30/h2-5,12H,6-11,13-14H2,1H3,(H,23,24)(H,25,30). The van der Waals surface area contributed by atoms with E-state index in [1.165, 1.54) is 0 Å². The molecule has 0 unspecified atom stereocenters. The highest BCUT2D eigenvalue weighted by atomic mass is 16.2. The highest BCUT2D eigenvalue weighted by Crippen LogP contribution is 2.23. The van der Waals surface area contributed by atoms with Crippen LogP contribution >= 0.6 is 0 Å². The molecule has 2 aliphatic rings. The van der Waals surface area contributed by atoms with Gasteiger partial charge in [-0.05, 0) is 24.6 Å². The summed E-state index contributed by atoms with van der Waals surface area (Å²) < 4.78 is 0. The lowest BCUT2D eigenvalue weighted by molar-refractivity contribution is -0.133. The van der Waals surface area contributed by atoms with E-state index >= 15 is 0 Å². The SMILES string of the molecule is CN1CCN(CC(=O)N2CCc3nc(-c4cc5ccccc5[nH]c4=O)[nH]c3C2)CC1. The Morgan fingerprint density at radius 1 is 1.10 bits per heavy atom. The van der Waals surface area contributed by atoms with Crippen molar-refractivity contribution in [2.45, 2.75) is 13.0 Å². The Bertz CT molecular complexity index is 1140. The number of amides is 1. The van der Waals surface area contributed by atoms with Crippen molar-refractivity contribution in [2.75, 3.05) is 46.3 Å². The number of para-hydroxylation sites is 1. The van der Waals surface area contributed by atoms with Gasteiger partial charge in [0.1, 0.15) is 5.82 Å². The first-order valence-electron chi connectivity index (χ1n) is 10.5. The van der Waals surface area contributed by atoms with Crippen LogP contribution in [0.1, 0.15) is 11.4 Å². The summed E-state index contributed by atoms with van der Waals surface area (Å²) in [6, 6.07) is 9.57. The van der Waals surface area contributed by atoms with Gasteiger partial charge < -0.3 is 19.8 Å². The Kier molecular flexibility index (Phi) is 4.88. The fraction of sp³-hybridized carbons (Fsp3) is 0.409. The summed E-state index contributed by atoms with van der Waals surface area (Å²) in [6.45, 7) is 5.51. The van der Waals surface area contributed by atoms with E-state index in [9.17, 15) is 9.59 Å². The second-order valence-corrected chi connectivity index (χ2v) is 8.25. The number of carbonyl (C=O) groups is 1. The number of benzene rings is 1. The van der Waals surface area contributed by atoms with Crippen LogP contribution in [0.5, 0.6) is 0 Å². The lowest BCUT2D eigenvalue weighted by atomic mass is 10.1. The van der Waals surface area contributed by atoms with Crippen LogP contribution in [0.4, 0.5) is 0 Å². The zero-order chi connectivity index (χ0) is 20.7. The molecule has 8 heteroatoms. The summed E-state index contributed by atoms with van der Waals surface area (Å²) >= 11 is 0. The molecule has 0 atom stereocenters. The van der Waals surface area contributed by atoms with E-state index in [2.05, 4.69) is 31.8 Å². The highest BCUT2D eigenvalue weighted by molar-refractivity contribution is 5.82. The molecule has 3 aromatic rings. The molecule has 1 aromatic carbocycles. The summed E-state index contributed by atoms with van der Waals surface area (Å²) in [5, 5.41) is 0.963. The molecule has 2 aromatic heterocycles. The number of hydrogen-bond acceptors (Lipinski definition) is 5. The number of H-pyrrole nitrogens is 2. The van der Waals surface area contributed by atoms with Crippen LogP contribution in [0, 0.1) is 0 Å². The van der Waals surface area contributed by atoms with E-state index in [0.29, 0.717) is 37.4 Å². The van der Waals surface area contributed by atoms with Gasteiger partial charge in [-0.2, -0.15) is 0 Å². The van der Waals surface area contributed by atoms with E-state index in [4.69, 9.17) is 0 Å². The van der Waals surface area contributed by atoms with Crippen molar-refractivity contribution in [2.24, 2.45) is 0 Å². The number of imidazole rings is 1. The van der Waals surface area contributed by atoms with Crippen LogP contribution < -0.4 is 5.56 Å². The molecule has 2 N–H and O–H groups in total. The van der Waals surface area contributed by atoms with E-state index in [1.807, 2.05) is 35.2 Å². The first-order valence-corrected chi connectivity index (χ1v) is 10.5. The lowest BCUT2D eigenvalue weighted by Crippen LogP contribution is -2.49. The monoisotopic (exact) mass is 406 g/mol. The number of likely N-dealkylation sites (N-methyl/N-ethyl adjacent to an activating group) is 1. The normalized spacial score (nSPS) is 18.0. The molecule has 30 heavy (non-hydrogen) atoms. The van der Waals surface area contributed by atoms with Gasteiger partial charge in [-0.15, -0.1) is 0 Å². The molecule has 1 saturated heterocycles. The van der Waals surface area contributed by atoms with Crippen LogP contribution in [-0.2, 0) is 17.8 Å². The van der Waals surface area contributed by atoms with E-state index in [-0.39, 0.29) is 11.5 Å². The third-order valence-electron chi connectivity index (χ3n) is 6.15. The maximum Gasteiger partial charge on any atom is 0.259 e. The van der Waals surface area contributed by atoms with Gasteiger partial charge in [0.05, 0.1) is 30.0 Å². The number of nitrogens with one attached hydrogen (secondary N) is 2. The minimum Gasteiger partial charge on any atom is -0.340 e. The van der Waals surface area contributed by atoms with Crippen LogP contribution in [0.2, 0.25) is 0 Å². The zero-order valence-electron chi connectivity index (χ0n) is 17.1. The maximum absolute atomic E-state index is 12.8. The number of hydrogen-bond donors (Lipinski definition) is 2. The number of aromatic nitrogens is 3. The molecule has 1 fully saturated rings. The van der Waals surface area contributed by atoms with Crippen molar-refractivity contribution >= 4 is 16.8 Å². The number of aromatic amines is 2. The third-order valence-corrected chi connectivity index (χ3v) is 6.15. The number of nitrogens with zero attached hydrogens (tertiary/aromatic N) is 4. The number of pyridine rings is 1. The van der Waals surface area contributed by atoms with E-state index < -0.39 is 0 Å². The second-order valence-electron chi connectivity index (χ2n) is 8.25. The fourth-order valence-electron chi connectivity index (χ4n) is 4.25. The number of fused-ring (bicyclic) bond motifs is 2. The molecule has 4 heterocycles. The van der Waals surface area contributed by atoms with E-state index in [1.54, 1.807) is 0 Å². The van der Waals surface area contributed by atoms with Crippen molar-refractivity contribution < 1.29 is 4.79 Å². The topological polar surface area (TPSA) is 88.3 Å². The molecule has 0 saturated carbocycles. The molecule has 1 amide bonds. The summed E-state index contributed by atoms with van der Waals surface area (Å²) in [6.07, 6.45) is 0.700. The van der Waals surface area contributed by atoms with Crippen molar-refractivity contribution in [1.82, 2.24) is 29.7 Å². The molecule has 0 bridgehead atoms. The molecule has 8 nitrogen and oxygen atoms in total. The quantitative estimate of drug-likeness (QED) is 0.679. The minimum absolute atomic E-state index is 0.157. The van der Waals surface area contributed by atoms with Crippen molar-refractivity contribution in [1.29, 1.82) is 0 Å². The molecule has 0 spiro atoms. The highest BCUT2D eigenvalue weighted by Gasteiger charge is 2.26. The maximum atomic E-state index is 12.8. The first-order chi connectivity index (χ1) is 14.6. The van der Waals surface area contributed by atoms with Gasteiger partial charge in [-0.1, -0.05) is 18.2 Å². The molecule has 0 aliphatic carbocycles. The largest absolute Gasteiger partial charge is 0.340 e. The van der Waals surface area contributed by atoms with Gasteiger partial charge in [0.25, 0.3) is 5.56 Å². The summed E-state index contributed by atoms with van der Waals surface area (Å²) in [4.78, 5) is 42.7. The molecular formula is C22H26N6O2. The number of rotatable bonds is 3. The van der Waals surface area contributed by atoms with Gasteiger partial charge in [0, 0.05) is 44.7 Å². The predicted octanol–water partition coefficient (Wildman–Crippen LogP) is 1.05. The van der Waals surface area contributed by atoms with Crippen molar-refractivity contribution in [3.63, 3.8) is 0 Å². The average Bonchev–Trinajstić information content (AvgIpc) is 3.18. The molecule has 156 valence electrons. The van der Waals surface area contributed by atoms with Gasteiger partial charge in [-0.3, -0.25) is 14.5 Å². The van der Waals surface area contributed by atoms with Crippen molar-refractivity contribution in [3.05, 3.63) is 52.1 Å². The predicted molar refractivity (Wildman–Crippen MR) is 115 cm³/mol. The summed E-state index contributed by atoms with van der Waals surface area (Å²) in [7, 11) is 2.11. The van der Waals surface area contributed by atoms with E-state index in [0.717, 1.165) is 48.5 Å². The Morgan fingerprint density at radius 2 is 1.90 bits per heavy atom. The Morgan fingerprint density at radius 3 is 2.73 bits per heavy atom. The second kappa shape index (κ2) is 7.70. The summed E-state index contributed by atoms with van der Waals surface area (Å²) in [5.74, 6) is 0.727. The van der Waals surface area contributed by atoms with Crippen LogP contribution in [0.3, 0.4) is 0 Å². The minimum atomic E-state index is -0.164. The average molecular weight is 406 g/mol. The zero-order valence-corrected chi connectivity index (χ0v) is 17.1.